The summed E-state index contributed by atoms with van der Waals surface area (Å²) >= 11 is 6.18. The van der Waals surface area contributed by atoms with Gasteiger partial charge < -0.3 is 14.2 Å². The van der Waals surface area contributed by atoms with Gasteiger partial charge in [-0.25, -0.2) is 0 Å². The molecule has 1 aromatic heterocycles. The number of aromatic nitrogens is 2. The molecule has 0 aliphatic rings. The van der Waals surface area contributed by atoms with E-state index < -0.39 is 6.10 Å². The van der Waals surface area contributed by atoms with Gasteiger partial charge in [0, 0.05) is 17.6 Å². The molecule has 3 aromatic rings. The summed E-state index contributed by atoms with van der Waals surface area (Å²) in [6.45, 7) is 5.72. The van der Waals surface area contributed by atoms with Crippen molar-refractivity contribution in [3.63, 3.8) is 0 Å². The van der Waals surface area contributed by atoms with E-state index in [1.165, 1.54) is 4.90 Å². The number of hydrogen-bond donors (Lipinski definition) is 0. The highest BCUT2D eigenvalue weighted by molar-refractivity contribution is 6.32. The SMILES string of the molecule is Cc1cc(OC(C)C(=O)N(C)Cc2nc(-c3ccccc3)no2)cc(C)c1Cl. The minimum absolute atomic E-state index is 0.190. The molecular weight excluding hydrogens is 378 g/mol. The van der Waals surface area contributed by atoms with Crippen LogP contribution in [-0.2, 0) is 11.3 Å². The molecule has 0 N–H and O–H groups in total. The van der Waals surface area contributed by atoms with Gasteiger partial charge in [0.25, 0.3) is 5.91 Å². The van der Waals surface area contributed by atoms with Crippen molar-refractivity contribution in [2.24, 2.45) is 0 Å². The van der Waals surface area contributed by atoms with Gasteiger partial charge in [-0.3, -0.25) is 4.79 Å². The summed E-state index contributed by atoms with van der Waals surface area (Å²) in [4.78, 5) is 18.5. The van der Waals surface area contributed by atoms with Crippen molar-refractivity contribution in [2.45, 2.75) is 33.4 Å². The van der Waals surface area contributed by atoms with Gasteiger partial charge in [-0.15, -0.1) is 0 Å². The van der Waals surface area contributed by atoms with Crippen LogP contribution < -0.4 is 4.74 Å². The van der Waals surface area contributed by atoms with Crippen molar-refractivity contribution < 1.29 is 14.1 Å². The number of carbonyl (C=O) groups excluding carboxylic acids is 1. The Balaban J connectivity index is 1.63. The molecule has 0 saturated carbocycles. The van der Waals surface area contributed by atoms with Crippen LogP contribution in [0.5, 0.6) is 5.75 Å². The summed E-state index contributed by atoms with van der Waals surface area (Å²) < 4.78 is 11.1. The quantitative estimate of drug-likeness (QED) is 0.613. The third kappa shape index (κ3) is 4.51. The van der Waals surface area contributed by atoms with E-state index in [9.17, 15) is 4.79 Å². The standard InChI is InChI=1S/C21H22ClN3O3/c1-13-10-17(11-14(2)19(13)22)27-15(3)21(26)25(4)12-18-23-20(24-28-18)16-8-6-5-7-9-16/h5-11,15H,12H2,1-4H3. The lowest BCUT2D eigenvalue weighted by Gasteiger charge is -2.21. The van der Waals surface area contributed by atoms with Gasteiger partial charge in [-0.05, 0) is 44.0 Å². The molecule has 1 unspecified atom stereocenters. The first kappa shape index (κ1) is 19.9. The van der Waals surface area contributed by atoms with Crippen LogP contribution in [0.1, 0.15) is 23.9 Å². The number of hydrogen-bond acceptors (Lipinski definition) is 5. The van der Waals surface area contributed by atoms with Crippen molar-refractivity contribution in [3.05, 3.63) is 64.5 Å². The highest BCUT2D eigenvalue weighted by Crippen LogP contribution is 2.26. The maximum atomic E-state index is 12.7. The van der Waals surface area contributed by atoms with Crippen LogP contribution in [-0.4, -0.2) is 34.1 Å². The van der Waals surface area contributed by atoms with Gasteiger partial charge in [0.2, 0.25) is 11.7 Å². The smallest absolute Gasteiger partial charge is 0.263 e. The highest BCUT2D eigenvalue weighted by Gasteiger charge is 2.22. The first-order valence-electron chi connectivity index (χ1n) is 8.91. The molecule has 7 heteroatoms. The second-order valence-corrected chi connectivity index (χ2v) is 7.08. The first-order valence-corrected chi connectivity index (χ1v) is 9.29. The Hall–Kier alpha value is -2.86. The van der Waals surface area contributed by atoms with Gasteiger partial charge in [0.1, 0.15) is 5.75 Å². The average Bonchev–Trinajstić information content (AvgIpc) is 3.14. The topological polar surface area (TPSA) is 68.5 Å². The Morgan fingerprint density at radius 1 is 1.21 bits per heavy atom. The Morgan fingerprint density at radius 3 is 2.50 bits per heavy atom. The Morgan fingerprint density at radius 2 is 1.86 bits per heavy atom. The van der Waals surface area contributed by atoms with Crippen LogP contribution in [0.25, 0.3) is 11.4 Å². The molecule has 0 saturated heterocycles. The molecule has 2 aromatic carbocycles. The van der Waals surface area contributed by atoms with E-state index >= 15 is 0 Å². The minimum atomic E-state index is -0.665. The molecule has 0 bridgehead atoms. The first-order chi connectivity index (χ1) is 13.3. The molecule has 1 atom stereocenters. The third-order valence-electron chi connectivity index (χ3n) is 4.32. The summed E-state index contributed by atoms with van der Waals surface area (Å²) in [5.41, 5.74) is 2.67. The summed E-state index contributed by atoms with van der Waals surface area (Å²) in [6, 6.07) is 13.2. The van der Waals surface area contributed by atoms with Crippen molar-refractivity contribution in [1.82, 2.24) is 15.0 Å². The molecule has 0 radical (unpaired) electrons. The van der Waals surface area contributed by atoms with E-state index in [1.807, 2.05) is 56.3 Å². The molecule has 3 rings (SSSR count). The minimum Gasteiger partial charge on any atom is -0.481 e. The summed E-state index contributed by atoms with van der Waals surface area (Å²) in [5, 5.41) is 4.67. The fourth-order valence-electron chi connectivity index (χ4n) is 2.84. The Bertz CT molecular complexity index is 949. The fraction of sp³-hybridized carbons (Fsp3) is 0.286. The fourth-order valence-corrected chi connectivity index (χ4v) is 2.95. The molecule has 146 valence electrons. The van der Waals surface area contributed by atoms with Gasteiger partial charge in [-0.2, -0.15) is 4.98 Å². The number of amides is 1. The predicted octanol–water partition coefficient (Wildman–Crippen LogP) is 4.43. The lowest BCUT2D eigenvalue weighted by atomic mass is 10.1. The second-order valence-electron chi connectivity index (χ2n) is 6.70. The highest BCUT2D eigenvalue weighted by atomic mass is 35.5. The van der Waals surface area contributed by atoms with Gasteiger partial charge >= 0.3 is 0 Å². The lowest BCUT2D eigenvalue weighted by Crippen LogP contribution is -2.37. The molecule has 0 fully saturated rings. The lowest BCUT2D eigenvalue weighted by molar-refractivity contribution is -0.137. The van der Waals surface area contributed by atoms with E-state index in [0.717, 1.165) is 16.7 Å². The van der Waals surface area contributed by atoms with Crippen molar-refractivity contribution in [2.75, 3.05) is 7.05 Å². The molecule has 6 nitrogen and oxygen atoms in total. The molecule has 28 heavy (non-hydrogen) atoms. The molecule has 1 heterocycles. The van der Waals surface area contributed by atoms with Crippen molar-refractivity contribution >= 4 is 17.5 Å². The van der Waals surface area contributed by atoms with Crippen molar-refractivity contribution in [3.8, 4) is 17.1 Å². The van der Waals surface area contributed by atoms with Gasteiger partial charge in [0.15, 0.2) is 6.10 Å². The third-order valence-corrected chi connectivity index (χ3v) is 4.92. The van der Waals surface area contributed by atoms with E-state index in [1.54, 1.807) is 14.0 Å². The van der Waals surface area contributed by atoms with E-state index in [0.29, 0.717) is 22.5 Å². The number of likely N-dealkylation sites (N-methyl/N-ethyl adjacent to an activating group) is 1. The summed E-state index contributed by atoms with van der Waals surface area (Å²) in [6.07, 6.45) is -0.665. The van der Waals surface area contributed by atoms with Crippen LogP contribution >= 0.6 is 11.6 Å². The molecule has 0 aliphatic heterocycles. The number of nitrogens with zero attached hydrogens (tertiary/aromatic N) is 3. The number of carbonyl (C=O) groups is 1. The van der Waals surface area contributed by atoms with Gasteiger partial charge in [0.05, 0.1) is 6.54 Å². The maximum absolute atomic E-state index is 12.7. The zero-order valence-electron chi connectivity index (χ0n) is 16.3. The number of halogens is 1. The summed E-state index contributed by atoms with van der Waals surface area (Å²) in [5.74, 6) is 1.27. The van der Waals surface area contributed by atoms with Crippen LogP contribution in [0, 0.1) is 13.8 Å². The van der Waals surface area contributed by atoms with Crippen LogP contribution in [0.3, 0.4) is 0 Å². The number of aryl methyl sites for hydroxylation is 2. The van der Waals surface area contributed by atoms with Crippen LogP contribution in [0.4, 0.5) is 0 Å². The largest absolute Gasteiger partial charge is 0.481 e. The Kier molecular flexibility index (Phi) is 5.99. The van der Waals surface area contributed by atoms with Crippen molar-refractivity contribution in [1.29, 1.82) is 0 Å². The maximum Gasteiger partial charge on any atom is 0.263 e. The van der Waals surface area contributed by atoms with E-state index in [-0.39, 0.29) is 12.5 Å². The average molecular weight is 400 g/mol. The zero-order valence-corrected chi connectivity index (χ0v) is 17.0. The number of ether oxygens (including phenoxy) is 1. The zero-order chi connectivity index (χ0) is 20.3. The van der Waals surface area contributed by atoms with Crippen LogP contribution in [0.15, 0.2) is 47.0 Å². The van der Waals surface area contributed by atoms with E-state index in [4.69, 9.17) is 20.9 Å². The second kappa shape index (κ2) is 8.44. The molecule has 0 aliphatic carbocycles. The number of benzene rings is 2. The number of rotatable bonds is 6. The predicted molar refractivity (Wildman–Crippen MR) is 107 cm³/mol. The summed E-state index contributed by atoms with van der Waals surface area (Å²) in [7, 11) is 1.67. The molecule has 0 spiro atoms. The molecule has 1 amide bonds. The van der Waals surface area contributed by atoms with Crippen LogP contribution in [0.2, 0.25) is 5.02 Å². The van der Waals surface area contributed by atoms with E-state index in [2.05, 4.69) is 10.1 Å². The van der Waals surface area contributed by atoms with Gasteiger partial charge in [-0.1, -0.05) is 47.1 Å². The Labute approximate surface area is 169 Å². The monoisotopic (exact) mass is 399 g/mol. The normalized spacial score (nSPS) is 11.9. The molecular formula is C21H22ClN3O3.